The summed E-state index contributed by atoms with van der Waals surface area (Å²) in [6, 6.07) is 29.7. The van der Waals surface area contributed by atoms with Crippen LogP contribution in [0, 0.1) is 0 Å². The molecule has 0 radical (unpaired) electrons. The van der Waals surface area contributed by atoms with Crippen LogP contribution >= 0.6 is 0 Å². The smallest absolute Gasteiger partial charge is 0.243 e. The molecule has 1 atom stereocenters. The van der Waals surface area contributed by atoms with Gasteiger partial charge in [-0.15, -0.1) is 0 Å². The highest BCUT2D eigenvalue weighted by molar-refractivity contribution is 5.88. The topological polar surface area (TPSA) is 49.4 Å². The summed E-state index contributed by atoms with van der Waals surface area (Å²) < 4.78 is 0. The molecule has 1 unspecified atom stereocenters. The van der Waals surface area contributed by atoms with Crippen LogP contribution in [0.5, 0.6) is 0 Å². The van der Waals surface area contributed by atoms with Gasteiger partial charge in [0.25, 0.3) is 0 Å². The predicted octanol–water partition coefficient (Wildman–Crippen LogP) is 5.71. The predicted molar refractivity (Wildman–Crippen MR) is 141 cm³/mol. The van der Waals surface area contributed by atoms with Gasteiger partial charge in [-0.1, -0.05) is 110 Å². The summed E-state index contributed by atoms with van der Waals surface area (Å²) >= 11 is 0. The average molecular weight is 469 g/mol. The molecular weight excluding hydrogens is 432 g/mol. The Morgan fingerprint density at radius 2 is 1.29 bits per heavy atom. The number of nitrogens with one attached hydrogen (secondary N) is 1. The zero-order chi connectivity index (χ0) is 24.3. The second-order valence-electron chi connectivity index (χ2n) is 9.54. The molecule has 0 saturated heterocycles. The molecule has 1 saturated carbocycles. The zero-order valence-electron chi connectivity index (χ0n) is 20.4. The lowest BCUT2D eigenvalue weighted by Crippen LogP contribution is -2.52. The minimum atomic E-state index is -0.553. The molecule has 3 aromatic carbocycles. The SMILES string of the molecule is O=C(NC1CCCCC1)C(Cc1ccccc1)N(Cc1ccccc1)C(=O)CCc1ccccc1. The van der Waals surface area contributed by atoms with E-state index in [4.69, 9.17) is 0 Å². The number of amides is 2. The Kier molecular flexibility index (Phi) is 9.11. The molecular formula is C31H36N2O2. The van der Waals surface area contributed by atoms with Gasteiger partial charge >= 0.3 is 0 Å². The first-order valence-corrected chi connectivity index (χ1v) is 12.9. The standard InChI is InChI=1S/C31H36N2O2/c34-30(22-21-25-13-5-1-6-14-25)33(24-27-17-9-3-10-18-27)29(23-26-15-7-2-8-16-26)31(35)32-28-19-11-4-12-20-28/h1-3,5-10,13-18,28-29H,4,11-12,19-24H2,(H,32,35). The third kappa shape index (κ3) is 7.54. The Labute approximate surface area is 209 Å². The van der Waals surface area contributed by atoms with Gasteiger partial charge in [-0.2, -0.15) is 0 Å². The van der Waals surface area contributed by atoms with E-state index in [0.717, 1.165) is 42.4 Å². The summed E-state index contributed by atoms with van der Waals surface area (Å²) in [5, 5.41) is 3.30. The molecule has 1 aliphatic carbocycles. The molecule has 0 aromatic heterocycles. The van der Waals surface area contributed by atoms with Gasteiger partial charge in [0, 0.05) is 25.4 Å². The van der Waals surface area contributed by atoms with Crippen LogP contribution < -0.4 is 5.32 Å². The summed E-state index contributed by atoms with van der Waals surface area (Å²) in [4.78, 5) is 29.2. The molecule has 4 rings (SSSR count). The quantitative estimate of drug-likeness (QED) is 0.414. The molecule has 2 amide bonds. The Hall–Kier alpha value is -3.40. The second-order valence-corrected chi connectivity index (χ2v) is 9.54. The number of hydrogen-bond donors (Lipinski definition) is 1. The largest absolute Gasteiger partial charge is 0.352 e. The van der Waals surface area contributed by atoms with Crippen molar-refractivity contribution in [2.75, 3.05) is 0 Å². The lowest BCUT2D eigenvalue weighted by atomic mass is 9.94. The van der Waals surface area contributed by atoms with Crippen molar-refractivity contribution in [2.45, 2.75) is 70.0 Å². The third-order valence-electron chi connectivity index (χ3n) is 6.89. The van der Waals surface area contributed by atoms with Gasteiger partial charge in [-0.3, -0.25) is 9.59 Å². The maximum absolute atomic E-state index is 13.7. The fourth-order valence-corrected chi connectivity index (χ4v) is 4.92. The van der Waals surface area contributed by atoms with Gasteiger partial charge in [0.2, 0.25) is 11.8 Å². The van der Waals surface area contributed by atoms with E-state index in [-0.39, 0.29) is 17.9 Å². The first kappa shape index (κ1) is 24.7. The Morgan fingerprint density at radius 3 is 1.89 bits per heavy atom. The summed E-state index contributed by atoms with van der Waals surface area (Å²) in [5.74, 6) is -0.0258. The third-order valence-corrected chi connectivity index (χ3v) is 6.89. The van der Waals surface area contributed by atoms with Crippen LogP contribution in [0.2, 0.25) is 0 Å². The Morgan fingerprint density at radius 1 is 0.743 bits per heavy atom. The highest BCUT2D eigenvalue weighted by Crippen LogP contribution is 2.20. The van der Waals surface area contributed by atoms with Crippen molar-refractivity contribution in [3.8, 4) is 0 Å². The fraction of sp³-hybridized carbons (Fsp3) is 0.355. The van der Waals surface area contributed by atoms with Crippen LogP contribution in [0.1, 0.15) is 55.2 Å². The van der Waals surface area contributed by atoms with E-state index in [0.29, 0.717) is 25.8 Å². The van der Waals surface area contributed by atoms with Gasteiger partial charge in [-0.25, -0.2) is 0 Å². The number of nitrogens with zero attached hydrogens (tertiary/aromatic N) is 1. The van der Waals surface area contributed by atoms with Crippen LogP contribution in [0.25, 0.3) is 0 Å². The molecule has 182 valence electrons. The van der Waals surface area contributed by atoms with E-state index in [1.54, 1.807) is 0 Å². The summed E-state index contributed by atoms with van der Waals surface area (Å²) in [6.07, 6.45) is 7.11. The van der Waals surface area contributed by atoms with Gasteiger partial charge in [0.05, 0.1) is 0 Å². The van der Waals surface area contributed by atoms with E-state index in [1.807, 2.05) is 95.9 Å². The number of carbonyl (C=O) groups is 2. The van der Waals surface area contributed by atoms with Gasteiger partial charge in [-0.05, 0) is 36.0 Å². The minimum Gasteiger partial charge on any atom is -0.352 e. The summed E-state index contributed by atoms with van der Waals surface area (Å²) in [5.41, 5.74) is 3.22. The number of hydrogen-bond acceptors (Lipinski definition) is 2. The molecule has 35 heavy (non-hydrogen) atoms. The molecule has 1 fully saturated rings. The highest BCUT2D eigenvalue weighted by atomic mass is 16.2. The first-order chi connectivity index (χ1) is 17.2. The van der Waals surface area contributed by atoms with Gasteiger partial charge in [0.15, 0.2) is 0 Å². The fourth-order valence-electron chi connectivity index (χ4n) is 4.92. The van der Waals surface area contributed by atoms with E-state index in [9.17, 15) is 9.59 Å². The van der Waals surface area contributed by atoms with Crippen molar-refractivity contribution in [3.05, 3.63) is 108 Å². The molecule has 1 aliphatic rings. The van der Waals surface area contributed by atoms with E-state index in [1.165, 1.54) is 6.42 Å². The molecule has 1 N–H and O–H groups in total. The van der Waals surface area contributed by atoms with Crippen molar-refractivity contribution < 1.29 is 9.59 Å². The highest BCUT2D eigenvalue weighted by Gasteiger charge is 2.31. The van der Waals surface area contributed by atoms with Crippen LogP contribution in [0.15, 0.2) is 91.0 Å². The molecule has 0 heterocycles. The maximum Gasteiger partial charge on any atom is 0.243 e. The van der Waals surface area contributed by atoms with Crippen molar-refractivity contribution >= 4 is 11.8 Å². The molecule has 4 nitrogen and oxygen atoms in total. The minimum absolute atomic E-state index is 0.0115. The number of aryl methyl sites for hydroxylation is 1. The van der Waals surface area contributed by atoms with Gasteiger partial charge < -0.3 is 10.2 Å². The summed E-state index contributed by atoms with van der Waals surface area (Å²) in [6.45, 7) is 0.421. The van der Waals surface area contributed by atoms with E-state index >= 15 is 0 Å². The number of benzene rings is 3. The lowest BCUT2D eigenvalue weighted by molar-refractivity contribution is -0.141. The first-order valence-electron chi connectivity index (χ1n) is 12.9. The molecule has 0 aliphatic heterocycles. The average Bonchev–Trinajstić information content (AvgIpc) is 2.91. The number of carbonyl (C=O) groups excluding carboxylic acids is 2. The zero-order valence-corrected chi connectivity index (χ0v) is 20.4. The number of rotatable bonds is 10. The summed E-state index contributed by atoms with van der Waals surface area (Å²) in [7, 11) is 0. The molecule has 4 heteroatoms. The van der Waals surface area contributed by atoms with Crippen molar-refractivity contribution in [2.24, 2.45) is 0 Å². The lowest BCUT2D eigenvalue weighted by Gasteiger charge is -2.33. The van der Waals surface area contributed by atoms with Crippen molar-refractivity contribution in [1.82, 2.24) is 10.2 Å². The normalized spacial score (nSPS) is 14.7. The Bertz CT molecular complexity index is 1050. The van der Waals surface area contributed by atoms with Crippen LogP contribution in [0.4, 0.5) is 0 Å². The van der Waals surface area contributed by atoms with Crippen LogP contribution in [-0.2, 0) is 29.0 Å². The van der Waals surface area contributed by atoms with E-state index in [2.05, 4.69) is 5.32 Å². The van der Waals surface area contributed by atoms with E-state index < -0.39 is 6.04 Å². The Balaban J connectivity index is 1.58. The maximum atomic E-state index is 13.7. The molecule has 0 spiro atoms. The van der Waals surface area contributed by atoms with Crippen LogP contribution in [-0.4, -0.2) is 28.8 Å². The molecule has 3 aromatic rings. The van der Waals surface area contributed by atoms with Crippen LogP contribution in [0.3, 0.4) is 0 Å². The van der Waals surface area contributed by atoms with Gasteiger partial charge in [0.1, 0.15) is 6.04 Å². The molecule has 0 bridgehead atoms. The van der Waals surface area contributed by atoms with Crippen molar-refractivity contribution in [3.63, 3.8) is 0 Å². The van der Waals surface area contributed by atoms with Crippen molar-refractivity contribution in [1.29, 1.82) is 0 Å². The second kappa shape index (κ2) is 12.9. The monoisotopic (exact) mass is 468 g/mol.